The Morgan fingerprint density at radius 1 is 0.900 bits per heavy atom. The molecule has 1 amide bonds. The highest BCUT2D eigenvalue weighted by Gasteiger charge is 2.08. The number of likely N-dealkylation sites (tertiary alicyclic amines) is 1. The highest BCUT2D eigenvalue weighted by molar-refractivity contribution is 5.74. The first-order valence-corrected chi connectivity index (χ1v) is 7.53. The molecule has 0 bridgehead atoms. The molecule has 6 nitrogen and oxygen atoms in total. The Bertz CT molecular complexity index is 245. The molecule has 0 aromatic rings. The van der Waals surface area contributed by atoms with Gasteiger partial charge in [0.05, 0.1) is 19.8 Å². The molecule has 0 spiro atoms. The smallest absolute Gasteiger partial charge is 0.243 e. The molecular formula is C14H28N2O4. The van der Waals surface area contributed by atoms with Gasteiger partial charge in [-0.2, -0.15) is 0 Å². The van der Waals surface area contributed by atoms with E-state index in [2.05, 4.69) is 4.90 Å². The van der Waals surface area contributed by atoms with Crippen LogP contribution in [0.2, 0.25) is 0 Å². The highest BCUT2D eigenvalue weighted by atomic mass is 16.5. The third-order valence-electron chi connectivity index (χ3n) is 3.19. The van der Waals surface area contributed by atoms with Crippen LogP contribution in [0.5, 0.6) is 0 Å². The Labute approximate surface area is 121 Å². The fraction of sp³-hybridized carbons (Fsp3) is 0.929. The summed E-state index contributed by atoms with van der Waals surface area (Å²) in [5.74, 6) is -0.452. The van der Waals surface area contributed by atoms with E-state index in [0.29, 0.717) is 19.8 Å². The van der Waals surface area contributed by atoms with E-state index in [0.717, 1.165) is 26.2 Å². The zero-order valence-corrected chi connectivity index (χ0v) is 12.3. The minimum absolute atomic E-state index is 0.0387. The molecule has 118 valence electrons. The third kappa shape index (κ3) is 10.1. The van der Waals surface area contributed by atoms with Crippen molar-refractivity contribution < 1.29 is 19.0 Å². The Balaban J connectivity index is 1.73. The van der Waals surface area contributed by atoms with Crippen LogP contribution in [-0.4, -0.2) is 70.1 Å². The van der Waals surface area contributed by atoms with Gasteiger partial charge in [0, 0.05) is 19.8 Å². The van der Waals surface area contributed by atoms with E-state index in [9.17, 15) is 4.79 Å². The molecule has 0 saturated carbocycles. The van der Waals surface area contributed by atoms with Gasteiger partial charge in [0.1, 0.15) is 6.61 Å². The molecule has 0 unspecified atom stereocenters. The summed E-state index contributed by atoms with van der Waals surface area (Å²) < 4.78 is 15.9. The van der Waals surface area contributed by atoms with Crippen LogP contribution < -0.4 is 5.73 Å². The number of hydrogen-bond acceptors (Lipinski definition) is 5. The lowest BCUT2D eigenvalue weighted by molar-refractivity contribution is -0.123. The summed E-state index contributed by atoms with van der Waals surface area (Å²) in [7, 11) is 0. The molecular weight excluding hydrogens is 260 g/mol. The maximum atomic E-state index is 10.4. The van der Waals surface area contributed by atoms with Crippen LogP contribution in [0.4, 0.5) is 0 Å². The van der Waals surface area contributed by atoms with E-state index >= 15 is 0 Å². The lowest BCUT2D eigenvalue weighted by atomic mass is 10.1. The van der Waals surface area contributed by atoms with E-state index in [-0.39, 0.29) is 6.61 Å². The number of carbonyl (C=O) groups excluding carboxylic acids is 1. The molecule has 1 rings (SSSR count). The second-order valence-corrected chi connectivity index (χ2v) is 5.00. The molecule has 0 aromatic heterocycles. The van der Waals surface area contributed by atoms with Crippen LogP contribution in [0.15, 0.2) is 0 Å². The number of amides is 1. The standard InChI is InChI=1S/C14H28N2O4/c15-14(17)13-20-12-11-19-9-4-8-18-10-7-16-5-2-1-3-6-16/h1-13H2,(H2,15,17). The highest BCUT2D eigenvalue weighted by Crippen LogP contribution is 2.07. The first-order chi connectivity index (χ1) is 9.79. The molecule has 0 aromatic carbocycles. The predicted octanol–water partition coefficient (Wildman–Crippen LogP) is 0.398. The van der Waals surface area contributed by atoms with Gasteiger partial charge < -0.3 is 24.8 Å². The molecule has 1 heterocycles. The Morgan fingerprint density at radius 2 is 1.55 bits per heavy atom. The molecule has 1 fully saturated rings. The zero-order valence-electron chi connectivity index (χ0n) is 12.3. The van der Waals surface area contributed by atoms with Gasteiger partial charge in [-0.25, -0.2) is 0 Å². The van der Waals surface area contributed by atoms with Gasteiger partial charge in [-0.3, -0.25) is 4.79 Å². The summed E-state index contributed by atoms with van der Waals surface area (Å²) >= 11 is 0. The van der Waals surface area contributed by atoms with E-state index in [1.54, 1.807) is 0 Å². The van der Waals surface area contributed by atoms with Crippen molar-refractivity contribution in [3.8, 4) is 0 Å². The number of hydrogen-bond donors (Lipinski definition) is 1. The van der Waals surface area contributed by atoms with E-state index in [1.165, 1.54) is 32.4 Å². The van der Waals surface area contributed by atoms with Crippen molar-refractivity contribution in [3.05, 3.63) is 0 Å². The largest absolute Gasteiger partial charge is 0.380 e. The average molecular weight is 288 g/mol. The summed E-state index contributed by atoms with van der Waals surface area (Å²) in [6, 6.07) is 0. The quantitative estimate of drug-likeness (QED) is 0.526. The summed E-state index contributed by atoms with van der Waals surface area (Å²) in [5, 5.41) is 0. The summed E-state index contributed by atoms with van der Waals surface area (Å²) in [5.41, 5.74) is 4.93. The molecule has 20 heavy (non-hydrogen) atoms. The lowest BCUT2D eigenvalue weighted by Gasteiger charge is -2.26. The van der Waals surface area contributed by atoms with Gasteiger partial charge in [-0.05, 0) is 32.4 Å². The second kappa shape index (κ2) is 12.1. The molecule has 1 saturated heterocycles. The average Bonchev–Trinajstić information content (AvgIpc) is 2.45. The minimum atomic E-state index is -0.452. The number of nitrogens with two attached hydrogens (primary N) is 1. The normalized spacial score (nSPS) is 16.4. The number of primary amides is 1. The van der Waals surface area contributed by atoms with Crippen LogP contribution in [0.25, 0.3) is 0 Å². The predicted molar refractivity (Wildman–Crippen MR) is 76.6 cm³/mol. The van der Waals surface area contributed by atoms with Gasteiger partial charge >= 0.3 is 0 Å². The van der Waals surface area contributed by atoms with Crippen LogP contribution in [-0.2, 0) is 19.0 Å². The van der Waals surface area contributed by atoms with Crippen molar-refractivity contribution in [3.63, 3.8) is 0 Å². The molecule has 1 aliphatic heterocycles. The van der Waals surface area contributed by atoms with Crippen molar-refractivity contribution in [2.45, 2.75) is 25.7 Å². The number of carbonyl (C=O) groups is 1. The van der Waals surface area contributed by atoms with Gasteiger partial charge in [0.25, 0.3) is 0 Å². The van der Waals surface area contributed by atoms with Crippen LogP contribution in [0, 0.1) is 0 Å². The molecule has 6 heteroatoms. The van der Waals surface area contributed by atoms with E-state index in [1.807, 2.05) is 0 Å². The first-order valence-electron chi connectivity index (χ1n) is 7.53. The van der Waals surface area contributed by atoms with Crippen molar-refractivity contribution in [1.82, 2.24) is 4.90 Å². The molecule has 2 N–H and O–H groups in total. The molecule has 0 atom stereocenters. The van der Waals surface area contributed by atoms with Gasteiger partial charge in [0.15, 0.2) is 0 Å². The Hall–Kier alpha value is -0.690. The van der Waals surface area contributed by atoms with Crippen molar-refractivity contribution in [1.29, 1.82) is 0 Å². The summed E-state index contributed by atoms with van der Waals surface area (Å²) in [4.78, 5) is 12.9. The monoisotopic (exact) mass is 288 g/mol. The Kier molecular flexibility index (Phi) is 10.5. The third-order valence-corrected chi connectivity index (χ3v) is 3.19. The van der Waals surface area contributed by atoms with E-state index < -0.39 is 5.91 Å². The fourth-order valence-corrected chi connectivity index (χ4v) is 2.13. The van der Waals surface area contributed by atoms with Crippen LogP contribution in [0.3, 0.4) is 0 Å². The van der Waals surface area contributed by atoms with Gasteiger partial charge in [0.2, 0.25) is 5.91 Å². The number of ether oxygens (including phenoxy) is 3. The Morgan fingerprint density at radius 3 is 2.25 bits per heavy atom. The number of piperidine rings is 1. The molecule has 0 radical (unpaired) electrons. The van der Waals surface area contributed by atoms with Crippen molar-refractivity contribution >= 4 is 5.91 Å². The topological polar surface area (TPSA) is 74.0 Å². The van der Waals surface area contributed by atoms with Crippen molar-refractivity contribution in [2.75, 3.05) is 59.3 Å². The second-order valence-electron chi connectivity index (χ2n) is 5.00. The SMILES string of the molecule is NC(=O)COCCOCCCOCCN1CCCCC1. The number of nitrogens with zero attached hydrogens (tertiary/aromatic N) is 1. The summed E-state index contributed by atoms with van der Waals surface area (Å²) in [6.45, 7) is 6.53. The maximum Gasteiger partial charge on any atom is 0.243 e. The lowest BCUT2D eigenvalue weighted by Crippen LogP contribution is -2.32. The number of rotatable bonds is 12. The molecule has 0 aliphatic carbocycles. The minimum Gasteiger partial charge on any atom is -0.380 e. The summed E-state index contributed by atoms with van der Waals surface area (Å²) in [6.07, 6.45) is 4.91. The van der Waals surface area contributed by atoms with Gasteiger partial charge in [-0.1, -0.05) is 6.42 Å². The zero-order chi connectivity index (χ0) is 14.5. The van der Waals surface area contributed by atoms with Crippen LogP contribution in [0.1, 0.15) is 25.7 Å². The maximum absolute atomic E-state index is 10.4. The first kappa shape index (κ1) is 17.4. The van der Waals surface area contributed by atoms with E-state index in [4.69, 9.17) is 19.9 Å². The molecule has 1 aliphatic rings. The fourth-order valence-electron chi connectivity index (χ4n) is 2.13. The van der Waals surface area contributed by atoms with Crippen molar-refractivity contribution in [2.24, 2.45) is 5.73 Å². The van der Waals surface area contributed by atoms with Crippen LogP contribution >= 0.6 is 0 Å². The van der Waals surface area contributed by atoms with Gasteiger partial charge in [-0.15, -0.1) is 0 Å².